The number of halogens is 2. The van der Waals surface area contributed by atoms with Crippen LogP contribution < -0.4 is 0 Å². The van der Waals surface area contributed by atoms with E-state index in [0.29, 0.717) is 5.69 Å². The van der Waals surface area contributed by atoms with Crippen molar-refractivity contribution in [1.29, 1.82) is 0 Å². The standard InChI is InChI=1S/C14H11F2NO/c1-9-5-6-10(17-8-9)7-13(18)14-11(15)3-2-4-12(14)16/h2-6,8H,7H2,1H3. The van der Waals surface area contributed by atoms with Gasteiger partial charge in [0.1, 0.15) is 11.6 Å². The molecule has 1 aromatic heterocycles. The molecule has 0 radical (unpaired) electrons. The Morgan fingerprint density at radius 2 is 1.83 bits per heavy atom. The molecule has 2 rings (SSSR count). The molecule has 0 spiro atoms. The lowest BCUT2D eigenvalue weighted by Crippen LogP contribution is -2.10. The van der Waals surface area contributed by atoms with Gasteiger partial charge in [0.15, 0.2) is 5.78 Å². The highest BCUT2D eigenvalue weighted by molar-refractivity contribution is 5.97. The van der Waals surface area contributed by atoms with Gasteiger partial charge >= 0.3 is 0 Å². The number of ketones is 1. The number of Topliss-reactive ketones (excluding diaryl/α,β-unsaturated/α-hetero) is 1. The molecule has 92 valence electrons. The van der Waals surface area contributed by atoms with Gasteiger partial charge in [-0.1, -0.05) is 12.1 Å². The summed E-state index contributed by atoms with van der Waals surface area (Å²) >= 11 is 0. The van der Waals surface area contributed by atoms with E-state index in [1.54, 1.807) is 18.3 Å². The average Bonchev–Trinajstić information content (AvgIpc) is 2.32. The van der Waals surface area contributed by atoms with Crippen molar-refractivity contribution in [3.05, 3.63) is 65.0 Å². The topological polar surface area (TPSA) is 30.0 Å². The third-order valence-corrected chi connectivity index (χ3v) is 2.56. The third kappa shape index (κ3) is 2.59. The molecule has 0 aliphatic rings. The van der Waals surface area contributed by atoms with Crippen molar-refractivity contribution in [2.75, 3.05) is 0 Å². The highest BCUT2D eigenvalue weighted by Gasteiger charge is 2.17. The van der Waals surface area contributed by atoms with Crippen LogP contribution in [0.5, 0.6) is 0 Å². The van der Waals surface area contributed by atoms with E-state index in [2.05, 4.69) is 4.98 Å². The maximum atomic E-state index is 13.4. The lowest BCUT2D eigenvalue weighted by Gasteiger charge is -2.04. The average molecular weight is 247 g/mol. The predicted octanol–water partition coefficient (Wildman–Crippen LogP) is 3.09. The van der Waals surface area contributed by atoms with E-state index in [4.69, 9.17) is 0 Å². The molecule has 0 saturated heterocycles. The second kappa shape index (κ2) is 5.04. The molecule has 1 aromatic carbocycles. The number of aromatic nitrogens is 1. The van der Waals surface area contributed by atoms with Crippen LogP contribution in [0.1, 0.15) is 21.6 Å². The van der Waals surface area contributed by atoms with Crippen molar-refractivity contribution < 1.29 is 13.6 Å². The van der Waals surface area contributed by atoms with Crippen LogP contribution >= 0.6 is 0 Å². The molecule has 0 atom stereocenters. The number of rotatable bonds is 3. The van der Waals surface area contributed by atoms with Gasteiger partial charge in [0.05, 0.1) is 12.0 Å². The molecule has 18 heavy (non-hydrogen) atoms. The van der Waals surface area contributed by atoms with E-state index in [0.717, 1.165) is 17.7 Å². The van der Waals surface area contributed by atoms with Gasteiger partial charge in [0, 0.05) is 11.9 Å². The zero-order valence-corrected chi connectivity index (χ0v) is 9.78. The summed E-state index contributed by atoms with van der Waals surface area (Å²) in [6, 6.07) is 6.84. The van der Waals surface area contributed by atoms with E-state index < -0.39 is 23.0 Å². The Labute approximate surface area is 103 Å². The third-order valence-electron chi connectivity index (χ3n) is 2.56. The number of carbonyl (C=O) groups is 1. The normalized spacial score (nSPS) is 10.4. The van der Waals surface area contributed by atoms with Crippen LogP contribution in [-0.2, 0) is 6.42 Å². The fourth-order valence-electron chi connectivity index (χ4n) is 1.62. The minimum atomic E-state index is -0.841. The second-order valence-corrected chi connectivity index (χ2v) is 4.02. The van der Waals surface area contributed by atoms with Crippen molar-refractivity contribution in [3.8, 4) is 0 Å². The molecule has 1 heterocycles. The smallest absolute Gasteiger partial charge is 0.174 e. The van der Waals surface area contributed by atoms with Crippen molar-refractivity contribution in [3.63, 3.8) is 0 Å². The first-order chi connectivity index (χ1) is 8.58. The number of hydrogen-bond acceptors (Lipinski definition) is 2. The minimum Gasteiger partial charge on any atom is -0.294 e. The zero-order chi connectivity index (χ0) is 13.1. The Morgan fingerprint density at radius 3 is 2.39 bits per heavy atom. The Bertz CT molecular complexity index is 559. The molecule has 0 amide bonds. The summed E-state index contributed by atoms with van der Waals surface area (Å²) < 4.78 is 26.8. The van der Waals surface area contributed by atoms with Gasteiger partial charge in [-0.25, -0.2) is 8.78 Å². The Kier molecular flexibility index (Phi) is 3.46. The van der Waals surface area contributed by atoms with Crippen molar-refractivity contribution >= 4 is 5.78 Å². The Morgan fingerprint density at radius 1 is 1.17 bits per heavy atom. The lowest BCUT2D eigenvalue weighted by atomic mass is 10.0. The van der Waals surface area contributed by atoms with Crippen molar-refractivity contribution in [2.45, 2.75) is 13.3 Å². The van der Waals surface area contributed by atoms with E-state index >= 15 is 0 Å². The summed E-state index contributed by atoms with van der Waals surface area (Å²) in [5.74, 6) is -2.29. The van der Waals surface area contributed by atoms with Crippen LogP contribution in [0.3, 0.4) is 0 Å². The highest BCUT2D eigenvalue weighted by Crippen LogP contribution is 2.14. The predicted molar refractivity (Wildman–Crippen MR) is 63.4 cm³/mol. The summed E-state index contributed by atoms with van der Waals surface area (Å²) in [7, 11) is 0. The molecule has 0 bridgehead atoms. The van der Waals surface area contributed by atoms with Gasteiger partial charge in [0.2, 0.25) is 0 Å². The van der Waals surface area contributed by atoms with Crippen LogP contribution in [0.2, 0.25) is 0 Å². The minimum absolute atomic E-state index is 0.113. The number of aryl methyl sites for hydroxylation is 1. The Hall–Kier alpha value is -2.10. The molecule has 2 aromatic rings. The van der Waals surface area contributed by atoms with Crippen molar-refractivity contribution in [2.24, 2.45) is 0 Å². The highest BCUT2D eigenvalue weighted by atomic mass is 19.1. The molecule has 4 heteroatoms. The quantitative estimate of drug-likeness (QED) is 0.780. The van der Waals surface area contributed by atoms with Gasteiger partial charge in [-0.3, -0.25) is 9.78 Å². The van der Waals surface area contributed by atoms with E-state index in [1.807, 2.05) is 6.92 Å². The first-order valence-electron chi connectivity index (χ1n) is 5.46. The van der Waals surface area contributed by atoms with Gasteiger partial charge in [-0.2, -0.15) is 0 Å². The lowest BCUT2D eigenvalue weighted by molar-refractivity contribution is 0.0984. The summed E-state index contributed by atoms with van der Waals surface area (Å²) in [4.78, 5) is 15.9. The Balaban J connectivity index is 2.25. The summed E-state index contributed by atoms with van der Waals surface area (Å²) in [6.07, 6.45) is 1.50. The summed E-state index contributed by atoms with van der Waals surface area (Å²) in [5.41, 5.74) is 0.955. The molecular weight excluding hydrogens is 236 g/mol. The number of benzene rings is 1. The van der Waals surface area contributed by atoms with Gasteiger partial charge < -0.3 is 0 Å². The van der Waals surface area contributed by atoms with Crippen LogP contribution in [0.15, 0.2) is 36.5 Å². The number of nitrogens with zero attached hydrogens (tertiary/aromatic N) is 1. The molecule has 0 aliphatic heterocycles. The maximum Gasteiger partial charge on any atom is 0.174 e. The van der Waals surface area contributed by atoms with E-state index in [1.165, 1.54) is 6.07 Å². The number of pyridine rings is 1. The molecule has 0 N–H and O–H groups in total. The summed E-state index contributed by atoms with van der Waals surface area (Å²) in [5, 5.41) is 0. The van der Waals surface area contributed by atoms with E-state index in [9.17, 15) is 13.6 Å². The molecule has 2 nitrogen and oxygen atoms in total. The molecule has 0 aliphatic carbocycles. The van der Waals surface area contributed by atoms with Crippen molar-refractivity contribution in [1.82, 2.24) is 4.98 Å². The molecular formula is C14H11F2NO. The van der Waals surface area contributed by atoms with Crippen LogP contribution in [0.25, 0.3) is 0 Å². The second-order valence-electron chi connectivity index (χ2n) is 4.02. The van der Waals surface area contributed by atoms with Crippen LogP contribution in [-0.4, -0.2) is 10.8 Å². The van der Waals surface area contributed by atoms with Crippen LogP contribution in [0.4, 0.5) is 8.78 Å². The van der Waals surface area contributed by atoms with Gasteiger partial charge in [-0.15, -0.1) is 0 Å². The monoisotopic (exact) mass is 247 g/mol. The number of hydrogen-bond donors (Lipinski definition) is 0. The summed E-state index contributed by atoms with van der Waals surface area (Å²) in [6.45, 7) is 1.87. The molecule has 0 fully saturated rings. The first-order valence-corrected chi connectivity index (χ1v) is 5.46. The fourth-order valence-corrected chi connectivity index (χ4v) is 1.62. The molecule has 0 saturated carbocycles. The molecule has 0 unspecified atom stereocenters. The van der Waals surface area contributed by atoms with Gasteiger partial charge in [-0.05, 0) is 30.7 Å². The largest absolute Gasteiger partial charge is 0.294 e. The first kappa shape index (κ1) is 12.4. The van der Waals surface area contributed by atoms with Crippen LogP contribution in [0, 0.1) is 18.6 Å². The maximum absolute atomic E-state index is 13.4. The van der Waals surface area contributed by atoms with E-state index in [-0.39, 0.29) is 6.42 Å². The SMILES string of the molecule is Cc1ccc(CC(=O)c2c(F)cccc2F)nc1. The fraction of sp³-hybridized carbons (Fsp3) is 0.143. The zero-order valence-electron chi connectivity index (χ0n) is 9.78. The number of carbonyl (C=O) groups excluding carboxylic acids is 1. The van der Waals surface area contributed by atoms with Gasteiger partial charge in [0.25, 0.3) is 0 Å².